The van der Waals surface area contributed by atoms with Gasteiger partial charge in [0.05, 0.1) is 17.4 Å². The van der Waals surface area contributed by atoms with Gasteiger partial charge in [-0.3, -0.25) is 14.7 Å². The van der Waals surface area contributed by atoms with Gasteiger partial charge >= 0.3 is 6.18 Å². The lowest BCUT2D eigenvalue weighted by Gasteiger charge is -2.30. The fraction of sp³-hybridized carbons (Fsp3) is 0.208. The first kappa shape index (κ1) is 25.0. The molecule has 0 N–H and O–H groups in total. The molecule has 12 heteroatoms. The highest BCUT2D eigenvalue weighted by Gasteiger charge is 2.37. The Hall–Kier alpha value is -4.11. The summed E-state index contributed by atoms with van der Waals surface area (Å²) in [6, 6.07) is 9.70. The number of carbonyl (C=O) groups is 1. The predicted octanol–water partition coefficient (Wildman–Crippen LogP) is 5.00. The van der Waals surface area contributed by atoms with Crippen molar-refractivity contribution in [2.75, 3.05) is 16.3 Å². The Morgan fingerprint density at radius 2 is 1.97 bits per heavy atom. The number of nitriles is 1. The number of halogens is 4. The standard InChI is InChI=1S/C24H17F4N5O2S/c25-19-10-16(5-6-21(19)35-14-15-3-1-7-30-12-15)32-8-2-4-22(34)33(23(32)36)17-9-18(24(26,27)28)20(11-29)31-13-17/h1,3,5-7,9-10,12-13H,2,4,8,14H2. The molecule has 0 bridgehead atoms. The van der Waals surface area contributed by atoms with Crippen molar-refractivity contribution in [3.05, 3.63) is 77.6 Å². The molecule has 0 radical (unpaired) electrons. The Kier molecular flexibility index (Phi) is 7.12. The number of anilines is 2. The number of carbonyl (C=O) groups excluding carboxylic acids is 1. The largest absolute Gasteiger partial charge is 0.486 e. The first-order valence-corrected chi connectivity index (χ1v) is 11.0. The van der Waals surface area contributed by atoms with Gasteiger partial charge in [-0.15, -0.1) is 0 Å². The molecule has 184 valence electrons. The number of nitrogens with zero attached hydrogens (tertiary/aromatic N) is 5. The van der Waals surface area contributed by atoms with Crippen LogP contribution >= 0.6 is 12.2 Å². The van der Waals surface area contributed by atoms with Gasteiger partial charge in [0.25, 0.3) is 0 Å². The number of alkyl halides is 3. The second-order valence-corrected chi connectivity index (χ2v) is 8.10. The molecule has 1 aromatic carbocycles. The van der Waals surface area contributed by atoms with Crippen molar-refractivity contribution < 1.29 is 27.1 Å². The molecule has 3 heterocycles. The predicted molar refractivity (Wildman–Crippen MR) is 126 cm³/mol. The lowest BCUT2D eigenvalue weighted by atomic mass is 10.1. The van der Waals surface area contributed by atoms with E-state index in [9.17, 15) is 22.4 Å². The van der Waals surface area contributed by atoms with Gasteiger partial charge in [-0.2, -0.15) is 18.4 Å². The Labute approximate surface area is 208 Å². The zero-order valence-electron chi connectivity index (χ0n) is 18.5. The van der Waals surface area contributed by atoms with E-state index < -0.39 is 29.2 Å². The van der Waals surface area contributed by atoms with E-state index in [1.807, 2.05) is 0 Å². The zero-order chi connectivity index (χ0) is 25.9. The normalized spacial score (nSPS) is 14.4. The number of amides is 1. The van der Waals surface area contributed by atoms with Crippen LogP contribution in [-0.2, 0) is 17.6 Å². The summed E-state index contributed by atoms with van der Waals surface area (Å²) in [5, 5.41) is 8.86. The van der Waals surface area contributed by atoms with Gasteiger partial charge in [0.1, 0.15) is 12.7 Å². The summed E-state index contributed by atoms with van der Waals surface area (Å²) < 4.78 is 60.7. The van der Waals surface area contributed by atoms with Crippen molar-refractivity contribution in [2.24, 2.45) is 0 Å². The van der Waals surface area contributed by atoms with Crippen LogP contribution in [0.1, 0.15) is 29.7 Å². The number of pyridine rings is 2. The van der Waals surface area contributed by atoms with E-state index in [4.69, 9.17) is 22.2 Å². The third-order valence-corrected chi connectivity index (χ3v) is 5.73. The monoisotopic (exact) mass is 515 g/mol. The smallest absolute Gasteiger partial charge is 0.419 e. The van der Waals surface area contributed by atoms with Crippen molar-refractivity contribution in [2.45, 2.75) is 25.6 Å². The van der Waals surface area contributed by atoms with Crippen LogP contribution in [0.5, 0.6) is 5.75 Å². The summed E-state index contributed by atoms with van der Waals surface area (Å²) in [4.78, 5) is 22.7. The van der Waals surface area contributed by atoms with Crippen LogP contribution < -0.4 is 14.5 Å². The molecule has 1 fully saturated rings. The summed E-state index contributed by atoms with van der Waals surface area (Å²) in [7, 11) is 0. The number of ether oxygens (including phenoxy) is 1. The Morgan fingerprint density at radius 3 is 2.64 bits per heavy atom. The summed E-state index contributed by atoms with van der Waals surface area (Å²) in [6.45, 7) is 0.327. The van der Waals surface area contributed by atoms with Crippen LogP contribution in [0.3, 0.4) is 0 Å². The van der Waals surface area contributed by atoms with Gasteiger partial charge in [0, 0.05) is 42.7 Å². The summed E-state index contributed by atoms with van der Waals surface area (Å²) in [6.07, 6.45) is -0.361. The van der Waals surface area contributed by atoms with E-state index in [0.717, 1.165) is 16.7 Å². The van der Waals surface area contributed by atoms with Gasteiger partial charge in [0.2, 0.25) is 5.91 Å². The van der Waals surface area contributed by atoms with E-state index in [1.165, 1.54) is 23.1 Å². The van der Waals surface area contributed by atoms with Crippen LogP contribution in [0, 0.1) is 17.1 Å². The molecule has 7 nitrogen and oxygen atoms in total. The van der Waals surface area contributed by atoms with Crippen molar-refractivity contribution in [3.63, 3.8) is 0 Å². The molecule has 1 saturated heterocycles. The van der Waals surface area contributed by atoms with Crippen LogP contribution in [0.4, 0.5) is 28.9 Å². The van der Waals surface area contributed by atoms with Crippen molar-refractivity contribution in [1.82, 2.24) is 9.97 Å². The van der Waals surface area contributed by atoms with Crippen LogP contribution in [-0.4, -0.2) is 27.5 Å². The number of hydrogen-bond acceptors (Lipinski definition) is 6. The molecule has 0 aliphatic carbocycles. The van der Waals surface area contributed by atoms with Gasteiger partial charge in [-0.1, -0.05) is 6.07 Å². The van der Waals surface area contributed by atoms with E-state index >= 15 is 0 Å². The zero-order valence-corrected chi connectivity index (χ0v) is 19.3. The van der Waals surface area contributed by atoms with Gasteiger partial charge < -0.3 is 9.64 Å². The first-order chi connectivity index (χ1) is 17.2. The number of rotatable bonds is 5. The molecule has 0 saturated carbocycles. The van der Waals surface area contributed by atoms with Crippen LogP contribution in [0.15, 0.2) is 55.0 Å². The topological polar surface area (TPSA) is 82.4 Å². The Bertz CT molecular complexity index is 1340. The Balaban J connectivity index is 1.62. The average Bonchev–Trinajstić information content (AvgIpc) is 3.00. The molecular formula is C24H17F4N5O2S. The highest BCUT2D eigenvalue weighted by atomic mass is 32.1. The minimum absolute atomic E-state index is 0.00716. The second-order valence-electron chi connectivity index (χ2n) is 7.73. The number of hydrogen-bond donors (Lipinski definition) is 0. The highest BCUT2D eigenvalue weighted by Crippen LogP contribution is 2.35. The molecule has 3 aromatic rings. The van der Waals surface area contributed by atoms with Crippen molar-refractivity contribution >= 4 is 34.6 Å². The third kappa shape index (κ3) is 5.26. The third-order valence-electron chi connectivity index (χ3n) is 5.33. The first-order valence-electron chi connectivity index (χ1n) is 10.6. The SMILES string of the molecule is N#Cc1ncc(N2C(=O)CCCN(c3ccc(OCc4cccnc4)c(F)c3)C2=S)cc1C(F)(F)F. The summed E-state index contributed by atoms with van der Waals surface area (Å²) >= 11 is 5.46. The lowest BCUT2D eigenvalue weighted by Crippen LogP contribution is -2.44. The number of thiocarbonyl (C=S) groups is 1. The molecule has 2 aromatic heterocycles. The molecule has 4 rings (SSSR count). The maximum Gasteiger partial charge on any atom is 0.419 e. The minimum atomic E-state index is -4.86. The molecule has 1 aliphatic rings. The van der Waals surface area contributed by atoms with Crippen LogP contribution in [0.25, 0.3) is 0 Å². The summed E-state index contributed by atoms with van der Waals surface area (Å²) in [5.41, 5.74) is -1.29. The van der Waals surface area contributed by atoms with Gasteiger partial charge in [0.15, 0.2) is 22.4 Å². The molecule has 0 spiro atoms. The van der Waals surface area contributed by atoms with E-state index in [2.05, 4.69) is 9.97 Å². The van der Waals surface area contributed by atoms with E-state index in [1.54, 1.807) is 30.6 Å². The summed E-state index contributed by atoms with van der Waals surface area (Å²) in [5.74, 6) is -1.23. The van der Waals surface area contributed by atoms with Crippen molar-refractivity contribution in [3.8, 4) is 11.8 Å². The van der Waals surface area contributed by atoms with Gasteiger partial charge in [-0.05, 0) is 42.9 Å². The average molecular weight is 515 g/mol. The maximum atomic E-state index is 14.8. The lowest BCUT2D eigenvalue weighted by molar-refractivity contribution is -0.138. The molecule has 0 unspecified atom stereocenters. The number of benzene rings is 1. The molecule has 36 heavy (non-hydrogen) atoms. The molecule has 0 atom stereocenters. The fourth-order valence-electron chi connectivity index (χ4n) is 3.62. The molecule has 1 amide bonds. The molecular weight excluding hydrogens is 498 g/mol. The fourth-order valence-corrected chi connectivity index (χ4v) is 4.02. The van der Waals surface area contributed by atoms with E-state index in [-0.39, 0.29) is 36.1 Å². The maximum absolute atomic E-state index is 14.8. The Morgan fingerprint density at radius 1 is 1.17 bits per heavy atom. The quantitative estimate of drug-likeness (QED) is 0.349. The van der Waals surface area contributed by atoms with Crippen molar-refractivity contribution in [1.29, 1.82) is 5.26 Å². The van der Waals surface area contributed by atoms with E-state index in [0.29, 0.717) is 18.2 Å². The highest BCUT2D eigenvalue weighted by molar-refractivity contribution is 7.81. The van der Waals surface area contributed by atoms with Gasteiger partial charge in [-0.25, -0.2) is 9.37 Å². The van der Waals surface area contributed by atoms with Crippen LogP contribution in [0.2, 0.25) is 0 Å². The minimum Gasteiger partial charge on any atom is -0.486 e. The second kappa shape index (κ2) is 10.2. The number of aromatic nitrogens is 2. The molecule has 1 aliphatic heterocycles.